The standard InChI is InChI=1S/C11H11NO3S/c1-7-4-8-2-3-9(12)6-10(8)11(5-7)16(13,14)15/h2-6H,12H2,1H3,(H,13,14,15). The van der Waals surface area contributed by atoms with Gasteiger partial charge in [0.25, 0.3) is 10.1 Å². The van der Waals surface area contributed by atoms with Gasteiger partial charge in [0.2, 0.25) is 0 Å². The van der Waals surface area contributed by atoms with Crippen LogP contribution >= 0.6 is 0 Å². The fourth-order valence-electron chi connectivity index (χ4n) is 1.70. The van der Waals surface area contributed by atoms with Gasteiger partial charge in [-0.1, -0.05) is 12.1 Å². The Labute approximate surface area is 93.4 Å². The highest BCUT2D eigenvalue weighted by Crippen LogP contribution is 2.26. The maximum atomic E-state index is 11.2. The van der Waals surface area contributed by atoms with E-state index < -0.39 is 10.1 Å². The molecule has 0 atom stereocenters. The van der Waals surface area contributed by atoms with E-state index >= 15 is 0 Å². The molecule has 0 unspecified atom stereocenters. The van der Waals surface area contributed by atoms with Crippen LogP contribution in [0.5, 0.6) is 0 Å². The van der Waals surface area contributed by atoms with Crippen LogP contribution in [0, 0.1) is 6.92 Å². The normalized spacial score (nSPS) is 11.9. The lowest BCUT2D eigenvalue weighted by molar-refractivity contribution is 0.484. The van der Waals surface area contributed by atoms with Gasteiger partial charge in [-0.3, -0.25) is 4.55 Å². The first kappa shape index (κ1) is 10.9. The van der Waals surface area contributed by atoms with Crippen molar-refractivity contribution in [2.75, 3.05) is 5.73 Å². The highest BCUT2D eigenvalue weighted by Gasteiger charge is 2.14. The Kier molecular flexibility index (Phi) is 2.36. The molecule has 2 aromatic rings. The fraction of sp³-hybridized carbons (Fsp3) is 0.0909. The summed E-state index contributed by atoms with van der Waals surface area (Å²) in [6.45, 7) is 1.77. The van der Waals surface area contributed by atoms with Crippen LogP contribution in [0.3, 0.4) is 0 Å². The summed E-state index contributed by atoms with van der Waals surface area (Å²) >= 11 is 0. The van der Waals surface area contributed by atoms with E-state index in [9.17, 15) is 8.42 Å². The molecule has 3 N–H and O–H groups in total. The molecule has 0 saturated carbocycles. The second-order valence-corrected chi connectivity index (χ2v) is 5.11. The van der Waals surface area contributed by atoms with Gasteiger partial charge in [-0.15, -0.1) is 0 Å². The maximum absolute atomic E-state index is 11.2. The maximum Gasteiger partial charge on any atom is 0.295 e. The predicted octanol–water partition coefficient (Wildman–Crippen LogP) is 1.98. The molecule has 0 saturated heterocycles. The number of aryl methyl sites for hydroxylation is 1. The Morgan fingerprint density at radius 1 is 1.19 bits per heavy atom. The van der Waals surface area contributed by atoms with Crippen molar-refractivity contribution in [1.82, 2.24) is 0 Å². The van der Waals surface area contributed by atoms with E-state index in [1.165, 1.54) is 12.1 Å². The summed E-state index contributed by atoms with van der Waals surface area (Å²) in [6.07, 6.45) is 0. The minimum atomic E-state index is -4.22. The van der Waals surface area contributed by atoms with Crippen LogP contribution in [0.1, 0.15) is 5.56 Å². The van der Waals surface area contributed by atoms with E-state index in [2.05, 4.69) is 0 Å². The lowest BCUT2D eigenvalue weighted by Gasteiger charge is -2.06. The molecule has 0 heterocycles. The lowest BCUT2D eigenvalue weighted by atomic mass is 10.1. The topological polar surface area (TPSA) is 80.4 Å². The number of hydrogen-bond donors (Lipinski definition) is 2. The van der Waals surface area contributed by atoms with Crippen molar-refractivity contribution in [3.63, 3.8) is 0 Å². The van der Waals surface area contributed by atoms with Gasteiger partial charge < -0.3 is 5.73 Å². The second-order valence-electron chi connectivity index (χ2n) is 3.72. The minimum absolute atomic E-state index is 0.102. The van der Waals surface area contributed by atoms with Crippen LogP contribution in [0.2, 0.25) is 0 Å². The summed E-state index contributed by atoms with van der Waals surface area (Å²) in [5.41, 5.74) is 6.83. The van der Waals surface area contributed by atoms with Crippen molar-refractivity contribution in [3.8, 4) is 0 Å². The molecule has 16 heavy (non-hydrogen) atoms. The molecule has 0 aromatic heterocycles. The zero-order valence-electron chi connectivity index (χ0n) is 8.64. The summed E-state index contributed by atoms with van der Waals surface area (Å²) in [5, 5.41) is 1.18. The Balaban J connectivity index is 2.96. The Bertz CT molecular complexity index is 662. The van der Waals surface area contributed by atoms with Gasteiger partial charge in [0.1, 0.15) is 4.90 Å². The largest absolute Gasteiger partial charge is 0.399 e. The molecule has 0 spiro atoms. The second kappa shape index (κ2) is 3.47. The Hall–Kier alpha value is -1.59. The van der Waals surface area contributed by atoms with Crippen molar-refractivity contribution in [2.45, 2.75) is 11.8 Å². The number of nitrogens with two attached hydrogens (primary N) is 1. The highest BCUT2D eigenvalue weighted by atomic mass is 32.2. The van der Waals surface area contributed by atoms with E-state index in [-0.39, 0.29) is 4.90 Å². The number of benzene rings is 2. The van der Waals surface area contributed by atoms with Gasteiger partial charge in [0.15, 0.2) is 0 Å². The molecule has 0 aliphatic heterocycles. The molecule has 2 aromatic carbocycles. The highest BCUT2D eigenvalue weighted by molar-refractivity contribution is 7.86. The summed E-state index contributed by atoms with van der Waals surface area (Å²) in [6, 6.07) is 8.22. The summed E-state index contributed by atoms with van der Waals surface area (Å²) in [4.78, 5) is -0.102. The summed E-state index contributed by atoms with van der Waals surface area (Å²) < 4.78 is 31.6. The molecule has 0 fully saturated rings. The van der Waals surface area contributed by atoms with E-state index in [1.807, 2.05) is 6.07 Å². The molecule has 0 aliphatic carbocycles. The number of nitrogen functional groups attached to an aromatic ring is 1. The Morgan fingerprint density at radius 3 is 2.50 bits per heavy atom. The molecule has 0 bridgehead atoms. The smallest absolute Gasteiger partial charge is 0.295 e. The molecule has 2 rings (SSSR count). The monoisotopic (exact) mass is 237 g/mol. The average molecular weight is 237 g/mol. The first-order chi connectivity index (χ1) is 7.38. The predicted molar refractivity (Wildman–Crippen MR) is 62.9 cm³/mol. The van der Waals surface area contributed by atoms with Crippen molar-refractivity contribution in [2.24, 2.45) is 0 Å². The van der Waals surface area contributed by atoms with Gasteiger partial charge in [-0.2, -0.15) is 8.42 Å². The molecular formula is C11H11NO3S. The van der Waals surface area contributed by atoms with Crippen LogP contribution in [-0.2, 0) is 10.1 Å². The summed E-state index contributed by atoms with van der Waals surface area (Å²) in [7, 11) is -4.22. The van der Waals surface area contributed by atoms with Crippen LogP contribution in [0.15, 0.2) is 35.2 Å². The van der Waals surface area contributed by atoms with E-state index in [0.29, 0.717) is 11.1 Å². The van der Waals surface area contributed by atoms with Crippen molar-refractivity contribution in [1.29, 1.82) is 0 Å². The van der Waals surface area contributed by atoms with Gasteiger partial charge in [-0.05, 0) is 36.1 Å². The molecular weight excluding hydrogens is 226 g/mol. The van der Waals surface area contributed by atoms with Gasteiger partial charge in [-0.25, -0.2) is 0 Å². The SMILES string of the molecule is Cc1cc(S(=O)(=O)O)c2cc(N)ccc2c1. The molecule has 0 radical (unpaired) electrons. The van der Waals surface area contributed by atoms with Crippen LogP contribution in [0.25, 0.3) is 10.8 Å². The minimum Gasteiger partial charge on any atom is -0.399 e. The third-order valence-corrected chi connectivity index (χ3v) is 3.26. The molecule has 0 amide bonds. The quantitative estimate of drug-likeness (QED) is 0.587. The third kappa shape index (κ3) is 1.87. The number of fused-ring (bicyclic) bond motifs is 1. The molecule has 0 aliphatic rings. The number of anilines is 1. The van der Waals surface area contributed by atoms with E-state index in [1.54, 1.807) is 19.1 Å². The lowest BCUT2D eigenvalue weighted by Crippen LogP contribution is -2.00. The number of hydrogen-bond acceptors (Lipinski definition) is 3. The summed E-state index contributed by atoms with van der Waals surface area (Å²) in [5.74, 6) is 0. The first-order valence-electron chi connectivity index (χ1n) is 4.65. The molecule has 4 nitrogen and oxygen atoms in total. The first-order valence-corrected chi connectivity index (χ1v) is 6.09. The Morgan fingerprint density at radius 2 is 1.88 bits per heavy atom. The average Bonchev–Trinajstić information content (AvgIpc) is 2.16. The van der Waals surface area contributed by atoms with E-state index in [0.717, 1.165) is 10.9 Å². The zero-order chi connectivity index (χ0) is 11.9. The van der Waals surface area contributed by atoms with Gasteiger partial charge >= 0.3 is 0 Å². The third-order valence-electron chi connectivity index (χ3n) is 2.36. The van der Waals surface area contributed by atoms with Gasteiger partial charge in [0.05, 0.1) is 0 Å². The fourth-order valence-corrected chi connectivity index (χ4v) is 2.49. The van der Waals surface area contributed by atoms with Crippen LogP contribution in [0.4, 0.5) is 5.69 Å². The van der Waals surface area contributed by atoms with E-state index in [4.69, 9.17) is 10.3 Å². The van der Waals surface area contributed by atoms with Crippen LogP contribution in [-0.4, -0.2) is 13.0 Å². The van der Waals surface area contributed by atoms with Crippen molar-refractivity contribution >= 4 is 26.6 Å². The van der Waals surface area contributed by atoms with Crippen molar-refractivity contribution in [3.05, 3.63) is 35.9 Å². The zero-order valence-corrected chi connectivity index (χ0v) is 9.45. The molecule has 5 heteroatoms. The number of rotatable bonds is 1. The van der Waals surface area contributed by atoms with Crippen LogP contribution < -0.4 is 5.73 Å². The molecule has 84 valence electrons. The van der Waals surface area contributed by atoms with Crippen molar-refractivity contribution < 1.29 is 13.0 Å². The van der Waals surface area contributed by atoms with Gasteiger partial charge in [0, 0.05) is 11.1 Å².